The second kappa shape index (κ2) is 5.50. The number of aromatic nitrogens is 2. The van der Waals surface area contributed by atoms with E-state index in [0.29, 0.717) is 12.1 Å². The number of hydrogen-bond acceptors (Lipinski definition) is 3. The van der Waals surface area contributed by atoms with Crippen molar-refractivity contribution in [2.75, 3.05) is 5.73 Å². The maximum atomic E-state index is 12.0. The molecule has 3 N–H and O–H groups in total. The highest BCUT2D eigenvalue weighted by atomic mass is 35.5. The lowest BCUT2D eigenvalue weighted by Crippen LogP contribution is -2.24. The van der Waals surface area contributed by atoms with Gasteiger partial charge in [-0.05, 0) is 18.2 Å². The van der Waals surface area contributed by atoms with E-state index in [1.54, 1.807) is 17.9 Å². The second-order valence-electron chi connectivity index (χ2n) is 3.99. The molecule has 0 fully saturated rings. The van der Waals surface area contributed by atoms with E-state index in [-0.39, 0.29) is 21.6 Å². The first-order valence-corrected chi connectivity index (χ1v) is 6.24. The molecule has 0 bridgehead atoms. The van der Waals surface area contributed by atoms with Crippen molar-refractivity contribution in [3.8, 4) is 0 Å². The quantitative estimate of drug-likeness (QED) is 0.854. The van der Waals surface area contributed by atoms with Gasteiger partial charge in [-0.1, -0.05) is 23.2 Å². The summed E-state index contributed by atoms with van der Waals surface area (Å²) in [5.74, 6) is -0.272. The number of aryl methyl sites for hydroxylation is 1. The summed E-state index contributed by atoms with van der Waals surface area (Å²) in [7, 11) is 1.80. The molecule has 1 heterocycles. The molecule has 7 heteroatoms. The first kappa shape index (κ1) is 13.7. The number of anilines is 1. The molecule has 0 spiro atoms. The molecule has 2 aromatic rings. The second-order valence-corrected chi connectivity index (χ2v) is 4.78. The SMILES string of the molecule is Cn1nccc1CNC(=O)c1cc(N)c(Cl)c(Cl)c1. The lowest BCUT2D eigenvalue weighted by molar-refractivity contribution is 0.0950. The molecular formula is C12H12Cl2N4O. The number of carbonyl (C=O) groups excluding carboxylic acids is 1. The van der Waals surface area contributed by atoms with Gasteiger partial charge in [-0.3, -0.25) is 9.48 Å². The van der Waals surface area contributed by atoms with Crippen molar-refractivity contribution in [2.45, 2.75) is 6.54 Å². The van der Waals surface area contributed by atoms with Crippen LogP contribution in [-0.2, 0) is 13.6 Å². The highest BCUT2D eigenvalue weighted by molar-refractivity contribution is 6.43. The minimum atomic E-state index is -0.272. The maximum Gasteiger partial charge on any atom is 0.251 e. The fourth-order valence-corrected chi connectivity index (χ4v) is 1.92. The van der Waals surface area contributed by atoms with Crippen LogP contribution in [0.15, 0.2) is 24.4 Å². The van der Waals surface area contributed by atoms with Crippen molar-refractivity contribution in [3.63, 3.8) is 0 Å². The van der Waals surface area contributed by atoms with Crippen LogP contribution < -0.4 is 11.1 Å². The van der Waals surface area contributed by atoms with E-state index in [4.69, 9.17) is 28.9 Å². The highest BCUT2D eigenvalue weighted by Crippen LogP contribution is 2.29. The number of nitrogen functional groups attached to an aromatic ring is 1. The van der Waals surface area contributed by atoms with E-state index in [0.717, 1.165) is 5.69 Å². The molecule has 0 saturated heterocycles. The summed E-state index contributed by atoms with van der Waals surface area (Å²) in [6.45, 7) is 0.371. The molecule has 1 amide bonds. The molecule has 0 aliphatic heterocycles. The van der Waals surface area contributed by atoms with Gasteiger partial charge >= 0.3 is 0 Å². The van der Waals surface area contributed by atoms with Gasteiger partial charge in [0.05, 0.1) is 28.0 Å². The third-order valence-electron chi connectivity index (χ3n) is 2.67. The first-order valence-electron chi connectivity index (χ1n) is 5.48. The third kappa shape index (κ3) is 3.00. The number of nitrogens with zero attached hydrogens (tertiary/aromatic N) is 2. The Labute approximate surface area is 120 Å². The molecule has 0 aliphatic carbocycles. The predicted octanol–water partition coefficient (Wildman–Crippen LogP) is 2.24. The molecular weight excluding hydrogens is 287 g/mol. The number of amides is 1. The van der Waals surface area contributed by atoms with Gasteiger partial charge in [-0.15, -0.1) is 0 Å². The van der Waals surface area contributed by atoms with E-state index in [1.165, 1.54) is 12.1 Å². The highest BCUT2D eigenvalue weighted by Gasteiger charge is 2.11. The molecule has 2 rings (SSSR count). The Morgan fingerprint density at radius 1 is 1.47 bits per heavy atom. The van der Waals surface area contributed by atoms with Gasteiger partial charge in [0.15, 0.2) is 0 Å². The van der Waals surface area contributed by atoms with E-state index in [2.05, 4.69) is 10.4 Å². The Kier molecular flexibility index (Phi) is 3.97. The molecule has 0 atom stereocenters. The smallest absolute Gasteiger partial charge is 0.251 e. The summed E-state index contributed by atoms with van der Waals surface area (Å²) >= 11 is 11.7. The fourth-order valence-electron chi connectivity index (χ4n) is 1.59. The number of hydrogen-bond donors (Lipinski definition) is 2. The molecule has 100 valence electrons. The van der Waals surface area contributed by atoms with E-state index >= 15 is 0 Å². The van der Waals surface area contributed by atoms with Gasteiger partial charge in [0.25, 0.3) is 5.91 Å². The Hall–Kier alpha value is -1.72. The van der Waals surface area contributed by atoms with Crippen LogP contribution in [0.5, 0.6) is 0 Å². The molecule has 5 nitrogen and oxygen atoms in total. The summed E-state index contributed by atoms with van der Waals surface area (Å²) < 4.78 is 1.68. The minimum Gasteiger partial charge on any atom is -0.397 e. The van der Waals surface area contributed by atoms with Crippen LogP contribution in [0, 0.1) is 0 Å². The van der Waals surface area contributed by atoms with Crippen molar-refractivity contribution in [2.24, 2.45) is 7.05 Å². The van der Waals surface area contributed by atoms with Crippen molar-refractivity contribution < 1.29 is 4.79 Å². The topological polar surface area (TPSA) is 72.9 Å². The summed E-state index contributed by atoms with van der Waals surface area (Å²) in [4.78, 5) is 12.0. The summed E-state index contributed by atoms with van der Waals surface area (Å²) in [5, 5.41) is 7.28. The monoisotopic (exact) mass is 298 g/mol. The van der Waals surface area contributed by atoms with E-state index in [9.17, 15) is 4.79 Å². The molecule has 0 saturated carbocycles. The van der Waals surface area contributed by atoms with Gasteiger partial charge in [0, 0.05) is 18.8 Å². The normalized spacial score (nSPS) is 10.5. The average Bonchev–Trinajstić information content (AvgIpc) is 2.78. The molecule has 0 aliphatic rings. The fraction of sp³-hybridized carbons (Fsp3) is 0.167. The van der Waals surface area contributed by atoms with Crippen molar-refractivity contribution in [1.29, 1.82) is 0 Å². The van der Waals surface area contributed by atoms with Crippen LogP contribution in [0.4, 0.5) is 5.69 Å². The standard InChI is InChI=1S/C12H12Cl2N4O/c1-18-8(2-3-17-18)6-16-12(19)7-4-9(13)11(14)10(15)5-7/h2-5H,6,15H2,1H3,(H,16,19). The number of nitrogens with two attached hydrogens (primary N) is 1. The third-order valence-corrected chi connectivity index (χ3v) is 3.49. The maximum absolute atomic E-state index is 12.0. The molecule has 0 radical (unpaired) electrons. The first-order chi connectivity index (χ1) is 8.99. The van der Waals surface area contributed by atoms with Crippen LogP contribution in [0.1, 0.15) is 16.1 Å². The van der Waals surface area contributed by atoms with E-state index < -0.39 is 0 Å². The molecule has 0 unspecified atom stereocenters. The van der Waals surface area contributed by atoms with Gasteiger partial charge in [-0.25, -0.2) is 0 Å². The van der Waals surface area contributed by atoms with Crippen LogP contribution in [0.2, 0.25) is 10.0 Å². The van der Waals surface area contributed by atoms with Gasteiger partial charge in [0.2, 0.25) is 0 Å². The van der Waals surface area contributed by atoms with Crippen LogP contribution in [0.25, 0.3) is 0 Å². The lowest BCUT2D eigenvalue weighted by Gasteiger charge is -2.08. The zero-order chi connectivity index (χ0) is 14.0. The number of nitrogens with one attached hydrogen (secondary N) is 1. The number of benzene rings is 1. The van der Waals surface area contributed by atoms with Crippen molar-refractivity contribution >= 4 is 34.8 Å². The minimum absolute atomic E-state index is 0.254. The number of halogens is 2. The summed E-state index contributed by atoms with van der Waals surface area (Å²) in [6.07, 6.45) is 1.67. The Morgan fingerprint density at radius 2 is 2.21 bits per heavy atom. The largest absolute Gasteiger partial charge is 0.397 e. The summed E-state index contributed by atoms with van der Waals surface area (Å²) in [6, 6.07) is 4.80. The van der Waals surface area contributed by atoms with Crippen molar-refractivity contribution in [3.05, 3.63) is 45.7 Å². The lowest BCUT2D eigenvalue weighted by atomic mass is 10.2. The van der Waals surface area contributed by atoms with Gasteiger partial charge < -0.3 is 11.1 Å². The average molecular weight is 299 g/mol. The van der Waals surface area contributed by atoms with Crippen LogP contribution in [-0.4, -0.2) is 15.7 Å². The zero-order valence-electron chi connectivity index (χ0n) is 10.2. The van der Waals surface area contributed by atoms with Gasteiger partial charge in [-0.2, -0.15) is 5.10 Å². The summed E-state index contributed by atoms with van der Waals surface area (Å²) in [5.41, 5.74) is 7.20. The Morgan fingerprint density at radius 3 is 2.79 bits per heavy atom. The van der Waals surface area contributed by atoms with Crippen LogP contribution in [0.3, 0.4) is 0 Å². The Balaban J connectivity index is 2.10. The zero-order valence-corrected chi connectivity index (χ0v) is 11.7. The van der Waals surface area contributed by atoms with Gasteiger partial charge in [0.1, 0.15) is 0 Å². The predicted molar refractivity (Wildman–Crippen MR) is 75.3 cm³/mol. The molecule has 19 heavy (non-hydrogen) atoms. The molecule has 1 aromatic carbocycles. The van der Waals surface area contributed by atoms with Crippen molar-refractivity contribution in [1.82, 2.24) is 15.1 Å². The Bertz CT molecular complexity index is 601. The van der Waals surface area contributed by atoms with Crippen LogP contribution >= 0.6 is 23.2 Å². The van der Waals surface area contributed by atoms with E-state index in [1.807, 2.05) is 6.07 Å². The number of carbonyl (C=O) groups is 1. The number of rotatable bonds is 3. The molecule has 1 aromatic heterocycles.